The van der Waals surface area contributed by atoms with Crippen LogP contribution in [0.1, 0.15) is 25.5 Å². The number of rotatable bonds is 4. The molecule has 1 N–H and O–H groups in total. The smallest absolute Gasteiger partial charge is 0.247 e. The highest BCUT2D eigenvalue weighted by atomic mass is 32.2. The van der Waals surface area contributed by atoms with Crippen LogP contribution in [0.25, 0.3) is 0 Å². The van der Waals surface area contributed by atoms with Crippen LogP contribution in [-0.4, -0.2) is 40.8 Å². The summed E-state index contributed by atoms with van der Waals surface area (Å²) in [7, 11) is 0. The monoisotopic (exact) mass is 292 g/mol. The molecule has 1 unspecified atom stereocenters. The van der Waals surface area contributed by atoms with E-state index in [-0.39, 0.29) is 23.1 Å². The zero-order valence-corrected chi connectivity index (χ0v) is 12.9. The molecule has 1 atom stereocenters. The van der Waals surface area contributed by atoms with Gasteiger partial charge in [-0.1, -0.05) is 30.3 Å². The summed E-state index contributed by atoms with van der Waals surface area (Å²) in [6.45, 7) is 4.81. The molecule has 2 rings (SSSR count). The highest BCUT2D eigenvalue weighted by Gasteiger charge is 2.38. The number of hydrogen-bond acceptors (Lipinski definition) is 3. The number of carbonyl (C=O) groups is 2. The Balaban J connectivity index is 2.33. The topological polar surface area (TPSA) is 49.4 Å². The molecular weight excluding hydrogens is 272 g/mol. The normalized spacial score (nSPS) is 19.9. The summed E-state index contributed by atoms with van der Waals surface area (Å²) in [6, 6.07) is 8.94. The fraction of sp³-hybridized carbons (Fsp3) is 0.467. The Hall–Kier alpha value is -1.49. The van der Waals surface area contributed by atoms with Gasteiger partial charge in [0, 0.05) is 11.3 Å². The van der Waals surface area contributed by atoms with Crippen LogP contribution in [0, 0.1) is 0 Å². The van der Waals surface area contributed by atoms with E-state index in [1.807, 2.05) is 36.6 Å². The zero-order valence-electron chi connectivity index (χ0n) is 12.1. The molecule has 1 fully saturated rings. The summed E-state index contributed by atoms with van der Waals surface area (Å²) < 4.78 is -0.0830. The molecule has 2 amide bonds. The summed E-state index contributed by atoms with van der Waals surface area (Å²) in [5.41, 5.74) is 0.856. The average molecular weight is 292 g/mol. The molecule has 0 bridgehead atoms. The van der Waals surface area contributed by atoms with Crippen molar-refractivity contribution >= 4 is 23.6 Å². The zero-order chi connectivity index (χ0) is 14.8. The molecule has 1 aromatic rings. The van der Waals surface area contributed by atoms with Gasteiger partial charge in [0.1, 0.15) is 6.04 Å². The van der Waals surface area contributed by atoms with Crippen LogP contribution in [0.15, 0.2) is 30.3 Å². The summed E-state index contributed by atoms with van der Waals surface area (Å²) >= 11 is 1.70. The molecule has 0 aliphatic carbocycles. The Morgan fingerprint density at radius 1 is 1.30 bits per heavy atom. The Bertz CT molecular complexity index is 502. The molecule has 108 valence electrons. The maximum absolute atomic E-state index is 12.2. The van der Waals surface area contributed by atoms with Crippen molar-refractivity contribution in [2.45, 2.75) is 24.6 Å². The van der Waals surface area contributed by atoms with Gasteiger partial charge in [0.05, 0.1) is 6.54 Å². The summed E-state index contributed by atoms with van der Waals surface area (Å²) in [6.07, 6.45) is 2.02. The van der Waals surface area contributed by atoms with Crippen molar-refractivity contribution in [3.05, 3.63) is 35.9 Å². The molecule has 1 aliphatic heterocycles. The lowest BCUT2D eigenvalue weighted by Gasteiger charge is -2.39. The van der Waals surface area contributed by atoms with Crippen LogP contribution in [0.3, 0.4) is 0 Å². The second kappa shape index (κ2) is 5.87. The highest BCUT2D eigenvalue weighted by molar-refractivity contribution is 7.99. The van der Waals surface area contributed by atoms with Gasteiger partial charge in [-0.05, 0) is 25.7 Å². The molecule has 1 aliphatic rings. The van der Waals surface area contributed by atoms with Crippen molar-refractivity contribution < 1.29 is 9.59 Å². The number of amides is 2. The van der Waals surface area contributed by atoms with Crippen molar-refractivity contribution in [3.63, 3.8) is 0 Å². The standard InChI is InChI=1S/C15H20N2O2S/c1-15(2,20-3)10-17-12(18)9-16-14(19)13(17)11-7-5-4-6-8-11/h4-8,13H,9-10H2,1-3H3,(H,16,19). The lowest BCUT2D eigenvalue weighted by Crippen LogP contribution is -2.56. The molecule has 4 nitrogen and oxygen atoms in total. The maximum Gasteiger partial charge on any atom is 0.247 e. The van der Waals surface area contributed by atoms with Crippen LogP contribution in [-0.2, 0) is 9.59 Å². The first-order chi connectivity index (χ1) is 9.44. The minimum Gasteiger partial charge on any atom is -0.345 e. The Morgan fingerprint density at radius 3 is 2.55 bits per heavy atom. The molecule has 1 saturated heterocycles. The van der Waals surface area contributed by atoms with E-state index in [4.69, 9.17) is 0 Å². The first kappa shape index (κ1) is 14.9. The predicted octanol–water partition coefficient (Wildman–Crippen LogP) is 1.83. The molecular formula is C15H20N2O2S. The van der Waals surface area contributed by atoms with Crippen molar-refractivity contribution in [1.82, 2.24) is 10.2 Å². The lowest BCUT2D eigenvalue weighted by atomic mass is 10.0. The summed E-state index contributed by atoms with van der Waals surface area (Å²) in [5.74, 6) is -0.131. The Labute approximate surface area is 123 Å². The minimum absolute atomic E-state index is 0.0272. The van der Waals surface area contributed by atoms with E-state index in [0.717, 1.165) is 5.56 Å². The summed E-state index contributed by atoms with van der Waals surface area (Å²) in [4.78, 5) is 26.1. The van der Waals surface area contributed by atoms with Crippen LogP contribution in [0.2, 0.25) is 0 Å². The molecule has 1 heterocycles. The highest BCUT2D eigenvalue weighted by Crippen LogP contribution is 2.29. The van der Waals surface area contributed by atoms with Crippen LogP contribution >= 0.6 is 11.8 Å². The fourth-order valence-corrected chi connectivity index (χ4v) is 2.54. The number of nitrogens with zero attached hydrogens (tertiary/aromatic N) is 1. The van der Waals surface area contributed by atoms with Gasteiger partial charge < -0.3 is 10.2 Å². The van der Waals surface area contributed by atoms with E-state index < -0.39 is 6.04 Å². The lowest BCUT2D eigenvalue weighted by molar-refractivity contribution is -0.146. The van der Waals surface area contributed by atoms with Gasteiger partial charge >= 0.3 is 0 Å². The molecule has 0 radical (unpaired) electrons. The Kier molecular flexibility index (Phi) is 4.38. The SMILES string of the molecule is CSC(C)(C)CN1C(=O)CNC(=O)C1c1ccccc1. The van der Waals surface area contributed by atoms with E-state index in [1.54, 1.807) is 16.7 Å². The molecule has 0 saturated carbocycles. The van der Waals surface area contributed by atoms with Gasteiger partial charge in [-0.15, -0.1) is 0 Å². The average Bonchev–Trinajstić information content (AvgIpc) is 2.44. The van der Waals surface area contributed by atoms with Crippen molar-refractivity contribution in [1.29, 1.82) is 0 Å². The fourth-order valence-electron chi connectivity index (χ4n) is 2.27. The molecule has 0 spiro atoms. The van der Waals surface area contributed by atoms with Gasteiger partial charge in [-0.2, -0.15) is 11.8 Å². The predicted molar refractivity (Wildman–Crippen MR) is 81.5 cm³/mol. The van der Waals surface area contributed by atoms with Gasteiger partial charge in [0.25, 0.3) is 0 Å². The van der Waals surface area contributed by atoms with Crippen LogP contribution in [0.5, 0.6) is 0 Å². The molecule has 5 heteroatoms. The third kappa shape index (κ3) is 3.15. The summed E-state index contributed by atoms with van der Waals surface area (Å²) in [5, 5.41) is 2.68. The molecule has 0 aromatic heterocycles. The van der Waals surface area contributed by atoms with Crippen molar-refractivity contribution in [2.24, 2.45) is 0 Å². The third-order valence-electron chi connectivity index (χ3n) is 3.51. The maximum atomic E-state index is 12.2. The van der Waals surface area contributed by atoms with Gasteiger partial charge in [0.15, 0.2) is 0 Å². The largest absolute Gasteiger partial charge is 0.345 e. The van der Waals surface area contributed by atoms with E-state index in [9.17, 15) is 9.59 Å². The molecule has 1 aromatic carbocycles. The van der Waals surface area contributed by atoms with Crippen molar-refractivity contribution in [2.75, 3.05) is 19.3 Å². The van der Waals surface area contributed by atoms with E-state index in [0.29, 0.717) is 6.54 Å². The second-order valence-corrected chi connectivity index (χ2v) is 7.03. The number of thioether (sulfide) groups is 1. The van der Waals surface area contributed by atoms with Gasteiger partial charge in [-0.3, -0.25) is 9.59 Å². The van der Waals surface area contributed by atoms with E-state index in [1.165, 1.54) is 0 Å². The second-order valence-electron chi connectivity index (χ2n) is 5.52. The van der Waals surface area contributed by atoms with Gasteiger partial charge in [-0.25, -0.2) is 0 Å². The Morgan fingerprint density at radius 2 is 1.95 bits per heavy atom. The molecule has 20 heavy (non-hydrogen) atoms. The van der Waals surface area contributed by atoms with Gasteiger partial charge in [0.2, 0.25) is 11.8 Å². The number of hydrogen-bond donors (Lipinski definition) is 1. The number of piperazine rings is 1. The number of benzene rings is 1. The minimum atomic E-state index is -0.524. The van der Waals surface area contributed by atoms with Crippen LogP contribution in [0.4, 0.5) is 0 Å². The van der Waals surface area contributed by atoms with Crippen molar-refractivity contribution in [3.8, 4) is 0 Å². The number of carbonyl (C=O) groups excluding carboxylic acids is 2. The first-order valence-corrected chi connectivity index (χ1v) is 7.84. The van der Waals surface area contributed by atoms with E-state index >= 15 is 0 Å². The van der Waals surface area contributed by atoms with E-state index in [2.05, 4.69) is 19.2 Å². The first-order valence-electron chi connectivity index (χ1n) is 6.62. The third-order valence-corrected chi connectivity index (χ3v) is 4.75. The van der Waals surface area contributed by atoms with Crippen LogP contribution < -0.4 is 5.32 Å². The number of nitrogens with one attached hydrogen (secondary N) is 1. The quantitative estimate of drug-likeness (QED) is 0.921.